The maximum absolute atomic E-state index is 12.2. The van der Waals surface area contributed by atoms with Crippen LogP contribution in [-0.4, -0.2) is 13.1 Å². The predicted molar refractivity (Wildman–Crippen MR) is 98.8 cm³/mol. The molecule has 1 unspecified atom stereocenters. The molecule has 2 aromatic carbocycles. The van der Waals surface area contributed by atoms with Crippen LogP contribution in [0.3, 0.4) is 0 Å². The summed E-state index contributed by atoms with van der Waals surface area (Å²) >= 11 is 0. The van der Waals surface area contributed by atoms with E-state index in [0.29, 0.717) is 12.1 Å². The highest BCUT2D eigenvalue weighted by molar-refractivity contribution is 5.78. The summed E-state index contributed by atoms with van der Waals surface area (Å²) in [5.41, 5.74) is 1.95. The standard InChI is InChI=1S/C21H16N4O2/c1-27-21(26)19(16-5-3-2-4-6-16)11-15-7-9-18(10-8-15)25-20(14-24)17(12-22)13-23/h2-10,19,25H,11H2,1H3. The lowest BCUT2D eigenvalue weighted by atomic mass is 9.92. The number of nitriles is 3. The Balaban J connectivity index is 2.21. The predicted octanol–water partition coefficient (Wildman–Crippen LogP) is 3.42. The number of benzene rings is 2. The van der Waals surface area contributed by atoms with E-state index in [1.54, 1.807) is 30.3 Å². The van der Waals surface area contributed by atoms with Gasteiger partial charge in [-0.2, -0.15) is 15.8 Å². The number of esters is 1. The first kappa shape index (κ1) is 19.2. The molecule has 6 heteroatoms. The summed E-state index contributed by atoms with van der Waals surface area (Å²) < 4.78 is 4.93. The molecule has 0 radical (unpaired) electrons. The average Bonchev–Trinajstić information content (AvgIpc) is 2.73. The van der Waals surface area contributed by atoms with E-state index in [1.165, 1.54) is 7.11 Å². The quantitative estimate of drug-likeness (QED) is 0.627. The number of ether oxygens (including phenoxy) is 1. The Morgan fingerprint density at radius 3 is 2.15 bits per heavy atom. The van der Waals surface area contributed by atoms with Crippen molar-refractivity contribution in [3.63, 3.8) is 0 Å². The summed E-state index contributed by atoms with van der Waals surface area (Å²) in [7, 11) is 1.36. The third-order valence-corrected chi connectivity index (χ3v) is 3.94. The number of hydrogen-bond donors (Lipinski definition) is 1. The topological polar surface area (TPSA) is 110 Å². The van der Waals surface area contributed by atoms with E-state index >= 15 is 0 Å². The van der Waals surface area contributed by atoms with E-state index in [-0.39, 0.29) is 17.2 Å². The Morgan fingerprint density at radius 1 is 1.00 bits per heavy atom. The fraction of sp³-hybridized carbons (Fsp3) is 0.143. The Morgan fingerprint density at radius 2 is 1.63 bits per heavy atom. The summed E-state index contributed by atoms with van der Waals surface area (Å²) in [6, 6.07) is 21.6. The van der Waals surface area contributed by atoms with Gasteiger partial charge in [0.2, 0.25) is 0 Å². The van der Waals surface area contributed by atoms with Gasteiger partial charge in [0.05, 0.1) is 13.0 Å². The molecule has 2 rings (SSSR count). The zero-order valence-electron chi connectivity index (χ0n) is 14.6. The van der Waals surface area contributed by atoms with Crippen molar-refractivity contribution < 1.29 is 9.53 Å². The monoisotopic (exact) mass is 356 g/mol. The largest absolute Gasteiger partial charge is 0.469 e. The van der Waals surface area contributed by atoms with Crippen molar-refractivity contribution >= 4 is 11.7 Å². The number of allylic oxidation sites excluding steroid dienone is 2. The van der Waals surface area contributed by atoms with Gasteiger partial charge < -0.3 is 10.1 Å². The first-order chi connectivity index (χ1) is 13.1. The molecular weight excluding hydrogens is 340 g/mol. The molecule has 1 N–H and O–H groups in total. The third-order valence-electron chi connectivity index (χ3n) is 3.94. The lowest BCUT2D eigenvalue weighted by molar-refractivity contribution is -0.142. The lowest BCUT2D eigenvalue weighted by Gasteiger charge is -2.15. The van der Waals surface area contributed by atoms with Crippen molar-refractivity contribution in [3.8, 4) is 18.2 Å². The Bertz CT molecular complexity index is 942. The van der Waals surface area contributed by atoms with E-state index in [0.717, 1.165) is 11.1 Å². The molecular formula is C21H16N4O2. The molecule has 132 valence electrons. The van der Waals surface area contributed by atoms with Crippen LogP contribution in [0, 0.1) is 34.0 Å². The molecule has 0 bridgehead atoms. The minimum Gasteiger partial charge on any atom is -0.469 e. The van der Waals surface area contributed by atoms with Gasteiger partial charge in [-0.25, -0.2) is 0 Å². The van der Waals surface area contributed by atoms with Gasteiger partial charge >= 0.3 is 5.97 Å². The number of nitrogens with one attached hydrogen (secondary N) is 1. The lowest BCUT2D eigenvalue weighted by Crippen LogP contribution is -2.16. The van der Waals surface area contributed by atoms with Crippen molar-refractivity contribution in [3.05, 3.63) is 77.0 Å². The summed E-state index contributed by atoms with van der Waals surface area (Å²) in [5, 5.41) is 29.6. The zero-order chi connectivity index (χ0) is 19.6. The third kappa shape index (κ3) is 4.95. The molecule has 0 aliphatic carbocycles. The van der Waals surface area contributed by atoms with Crippen LogP contribution in [0.25, 0.3) is 0 Å². The van der Waals surface area contributed by atoms with Gasteiger partial charge in [-0.05, 0) is 29.7 Å². The van der Waals surface area contributed by atoms with Crippen LogP contribution in [0.15, 0.2) is 65.9 Å². The Hall–Kier alpha value is -4.08. The highest BCUT2D eigenvalue weighted by atomic mass is 16.5. The van der Waals surface area contributed by atoms with Crippen molar-refractivity contribution in [2.24, 2.45) is 0 Å². The Kier molecular flexibility index (Phi) is 6.71. The normalized spacial score (nSPS) is 10.4. The summed E-state index contributed by atoms with van der Waals surface area (Å²) in [6.07, 6.45) is 0.458. The van der Waals surface area contributed by atoms with Crippen LogP contribution in [0.1, 0.15) is 17.0 Å². The molecule has 0 aliphatic rings. The fourth-order valence-electron chi connectivity index (χ4n) is 2.55. The van der Waals surface area contributed by atoms with Crippen molar-refractivity contribution in [1.29, 1.82) is 15.8 Å². The van der Waals surface area contributed by atoms with Gasteiger partial charge in [0.1, 0.15) is 23.9 Å². The van der Waals surface area contributed by atoms with Gasteiger partial charge in [0.25, 0.3) is 0 Å². The Labute approximate surface area is 157 Å². The molecule has 0 heterocycles. The minimum atomic E-state index is -0.423. The van der Waals surface area contributed by atoms with Gasteiger partial charge in [-0.1, -0.05) is 42.5 Å². The number of nitrogens with zero attached hydrogens (tertiary/aromatic N) is 3. The maximum Gasteiger partial charge on any atom is 0.313 e. The van der Waals surface area contributed by atoms with E-state index in [1.807, 2.05) is 42.5 Å². The SMILES string of the molecule is COC(=O)C(Cc1ccc(NC(C#N)=C(C#N)C#N)cc1)c1ccccc1. The molecule has 0 saturated heterocycles. The molecule has 0 spiro atoms. The molecule has 6 nitrogen and oxygen atoms in total. The highest BCUT2D eigenvalue weighted by Crippen LogP contribution is 2.23. The smallest absolute Gasteiger partial charge is 0.313 e. The average molecular weight is 356 g/mol. The van der Waals surface area contributed by atoms with E-state index in [2.05, 4.69) is 5.32 Å². The molecule has 0 amide bonds. The second-order valence-corrected chi connectivity index (χ2v) is 5.60. The summed E-state index contributed by atoms with van der Waals surface area (Å²) in [4.78, 5) is 12.2. The van der Waals surface area contributed by atoms with Crippen LogP contribution in [0.4, 0.5) is 5.69 Å². The zero-order valence-corrected chi connectivity index (χ0v) is 14.6. The number of carbonyl (C=O) groups is 1. The number of anilines is 1. The fourth-order valence-corrected chi connectivity index (χ4v) is 2.55. The number of methoxy groups -OCH3 is 1. The molecule has 0 fully saturated rings. The van der Waals surface area contributed by atoms with E-state index in [4.69, 9.17) is 20.5 Å². The minimum absolute atomic E-state index is 0.107. The molecule has 0 aliphatic heterocycles. The van der Waals surface area contributed by atoms with Crippen molar-refractivity contribution in [2.75, 3.05) is 12.4 Å². The summed E-state index contributed by atoms with van der Waals surface area (Å²) in [6.45, 7) is 0. The molecule has 0 saturated carbocycles. The molecule has 0 aromatic heterocycles. The van der Waals surface area contributed by atoms with Crippen LogP contribution >= 0.6 is 0 Å². The molecule has 1 atom stereocenters. The van der Waals surface area contributed by atoms with Crippen LogP contribution < -0.4 is 5.32 Å². The molecule has 2 aromatic rings. The summed E-state index contributed by atoms with van der Waals surface area (Å²) in [5.74, 6) is -0.737. The van der Waals surface area contributed by atoms with Gasteiger partial charge in [-0.15, -0.1) is 0 Å². The van der Waals surface area contributed by atoms with Crippen LogP contribution in [0.5, 0.6) is 0 Å². The number of hydrogen-bond acceptors (Lipinski definition) is 6. The maximum atomic E-state index is 12.2. The van der Waals surface area contributed by atoms with Crippen molar-refractivity contribution in [1.82, 2.24) is 0 Å². The van der Waals surface area contributed by atoms with Crippen molar-refractivity contribution in [2.45, 2.75) is 12.3 Å². The van der Waals surface area contributed by atoms with E-state index < -0.39 is 5.92 Å². The molecule has 27 heavy (non-hydrogen) atoms. The van der Waals surface area contributed by atoms with E-state index in [9.17, 15) is 4.79 Å². The van der Waals surface area contributed by atoms with Crippen LogP contribution in [-0.2, 0) is 16.0 Å². The van der Waals surface area contributed by atoms with Gasteiger partial charge in [-0.3, -0.25) is 4.79 Å². The highest BCUT2D eigenvalue weighted by Gasteiger charge is 2.21. The van der Waals surface area contributed by atoms with Gasteiger partial charge in [0.15, 0.2) is 5.57 Å². The van der Waals surface area contributed by atoms with Crippen LogP contribution in [0.2, 0.25) is 0 Å². The number of carbonyl (C=O) groups excluding carboxylic acids is 1. The van der Waals surface area contributed by atoms with Gasteiger partial charge in [0, 0.05) is 5.69 Å². The second-order valence-electron chi connectivity index (χ2n) is 5.60. The first-order valence-corrected chi connectivity index (χ1v) is 8.06. The number of rotatable bonds is 6. The second kappa shape index (κ2) is 9.42. The first-order valence-electron chi connectivity index (χ1n) is 8.06.